The molecule has 1 amide bonds. The highest BCUT2D eigenvalue weighted by molar-refractivity contribution is 6.30. The van der Waals surface area contributed by atoms with Gasteiger partial charge in [0.25, 0.3) is 5.91 Å². The van der Waals surface area contributed by atoms with Crippen molar-refractivity contribution < 1.29 is 19.8 Å². The topological polar surface area (TPSA) is 117 Å². The minimum atomic E-state index is -1.08. The summed E-state index contributed by atoms with van der Waals surface area (Å²) in [7, 11) is 1.68. The van der Waals surface area contributed by atoms with E-state index in [9.17, 15) is 14.7 Å². The lowest BCUT2D eigenvalue weighted by Gasteiger charge is -2.03. The molecule has 0 saturated carbocycles. The fourth-order valence-corrected chi connectivity index (χ4v) is 2.83. The van der Waals surface area contributed by atoms with Crippen LogP contribution in [-0.2, 0) is 7.05 Å². The summed E-state index contributed by atoms with van der Waals surface area (Å²) in [6, 6.07) is 12.4. The molecule has 1 aromatic heterocycles. The highest BCUT2D eigenvalue weighted by Crippen LogP contribution is 2.32. The summed E-state index contributed by atoms with van der Waals surface area (Å²) < 4.78 is 1.51. The SMILES string of the molecule is C/C(=N/NC(=O)c1ccc(C(=O)O)cc1)c1nn(C)c(-c2ccc(Cl)cc2)c1O. The first-order valence-corrected chi connectivity index (χ1v) is 8.86. The van der Waals surface area contributed by atoms with Crippen LogP contribution in [0.3, 0.4) is 0 Å². The molecule has 0 unspecified atom stereocenters. The number of rotatable bonds is 5. The number of hydrogen-bond donors (Lipinski definition) is 3. The van der Waals surface area contributed by atoms with Crippen LogP contribution in [0.1, 0.15) is 33.3 Å². The van der Waals surface area contributed by atoms with Gasteiger partial charge in [0.05, 0.1) is 11.3 Å². The summed E-state index contributed by atoms with van der Waals surface area (Å²) in [6.45, 7) is 1.60. The number of halogens is 1. The maximum atomic E-state index is 12.2. The molecule has 0 bridgehead atoms. The van der Waals surface area contributed by atoms with Gasteiger partial charge < -0.3 is 10.2 Å². The van der Waals surface area contributed by atoms with Gasteiger partial charge in [-0.15, -0.1) is 0 Å². The van der Waals surface area contributed by atoms with E-state index in [0.717, 1.165) is 5.56 Å². The van der Waals surface area contributed by atoms with E-state index >= 15 is 0 Å². The zero-order valence-corrected chi connectivity index (χ0v) is 16.3. The zero-order valence-electron chi connectivity index (χ0n) is 15.5. The van der Waals surface area contributed by atoms with Crippen molar-refractivity contribution in [3.05, 3.63) is 70.4 Å². The molecule has 0 saturated heterocycles. The van der Waals surface area contributed by atoms with Crippen molar-refractivity contribution in [2.45, 2.75) is 6.92 Å². The molecule has 0 fully saturated rings. The van der Waals surface area contributed by atoms with E-state index < -0.39 is 11.9 Å². The first kappa shape index (κ1) is 20.1. The monoisotopic (exact) mass is 412 g/mol. The van der Waals surface area contributed by atoms with Gasteiger partial charge >= 0.3 is 5.97 Å². The van der Waals surface area contributed by atoms with Crippen molar-refractivity contribution in [2.24, 2.45) is 12.1 Å². The lowest BCUT2D eigenvalue weighted by molar-refractivity contribution is 0.0696. The maximum Gasteiger partial charge on any atom is 0.335 e. The average molecular weight is 413 g/mol. The van der Waals surface area contributed by atoms with Crippen molar-refractivity contribution in [1.82, 2.24) is 15.2 Å². The number of hydrogen-bond acceptors (Lipinski definition) is 5. The Morgan fingerprint density at radius 3 is 2.24 bits per heavy atom. The van der Waals surface area contributed by atoms with Crippen molar-refractivity contribution >= 4 is 29.2 Å². The Balaban J connectivity index is 1.81. The van der Waals surface area contributed by atoms with E-state index in [4.69, 9.17) is 16.7 Å². The number of carbonyl (C=O) groups excluding carboxylic acids is 1. The Morgan fingerprint density at radius 2 is 1.66 bits per heavy atom. The van der Waals surface area contributed by atoms with E-state index in [2.05, 4.69) is 15.6 Å². The Bertz CT molecular complexity index is 1100. The van der Waals surface area contributed by atoms with E-state index in [1.54, 1.807) is 38.2 Å². The summed E-state index contributed by atoms with van der Waals surface area (Å²) in [6.07, 6.45) is 0. The molecule has 9 heteroatoms. The van der Waals surface area contributed by atoms with Gasteiger partial charge in [0.2, 0.25) is 0 Å². The third-order valence-electron chi connectivity index (χ3n) is 4.20. The zero-order chi connectivity index (χ0) is 21.1. The molecular weight excluding hydrogens is 396 g/mol. The number of benzene rings is 2. The molecule has 0 radical (unpaired) electrons. The van der Waals surface area contributed by atoms with E-state index in [0.29, 0.717) is 16.4 Å². The number of amides is 1. The van der Waals surface area contributed by atoms with Gasteiger partial charge in [-0.3, -0.25) is 9.48 Å². The number of aromatic hydroxyl groups is 1. The van der Waals surface area contributed by atoms with Gasteiger partial charge in [-0.1, -0.05) is 23.7 Å². The Hall–Kier alpha value is -3.65. The Morgan fingerprint density at radius 1 is 1.07 bits per heavy atom. The number of nitrogens with zero attached hydrogens (tertiary/aromatic N) is 3. The smallest absolute Gasteiger partial charge is 0.335 e. The summed E-state index contributed by atoms with van der Waals surface area (Å²) in [5, 5.41) is 28.4. The minimum Gasteiger partial charge on any atom is -0.504 e. The van der Waals surface area contributed by atoms with Crippen LogP contribution in [0.25, 0.3) is 11.3 Å². The highest BCUT2D eigenvalue weighted by atomic mass is 35.5. The molecule has 2 aromatic carbocycles. The van der Waals surface area contributed by atoms with Gasteiger partial charge in [0.15, 0.2) is 11.4 Å². The van der Waals surface area contributed by atoms with Crippen LogP contribution < -0.4 is 5.43 Å². The van der Waals surface area contributed by atoms with Crippen LogP contribution in [0.15, 0.2) is 53.6 Å². The summed E-state index contributed by atoms with van der Waals surface area (Å²) in [4.78, 5) is 23.1. The number of nitrogens with one attached hydrogen (secondary N) is 1. The van der Waals surface area contributed by atoms with Gasteiger partial charge in [-0.2, -0.15) is 10.2 Å². The van der Waals surface area contributed by atoms with Gasteiger partial charge in [0, 0.05) is 23.2 Å². The number of aromatic carboxylic acids is 1. The minimum absolute atomic E-state index is 0.0730. The van der Waals surface area contributed by atoms with Crippen molar-refractivity contribution in [2.75, 3.05) is 0 Å². The van der Waals surface area contributed by atoms with Gasteiger partial charge in [-0.05, 0) is 43.3 Å². The number of aromatic nitrogens is 2. The van der Waals surface area contributed by atoms with Crippen LogP contribution >= 0.6 is 11.6 Å². The molecule has 3 aromatic rings. The van der Waals surface area contributed by atoms with E-state index in [1.165, 1.54) is 28.9 Å². The second kappa shape index (κ2) is 8.15. The van der Waals surface area contributed by atoms with Crippen LogP contribution in [0, 0.1) is 0 Å². The fourth-order valence-electron chi connectivity index (χ4n) is 2.70. The number of hydrazone groups is 1. The van der Waals surface area contributed by atoms with Gasteiger partial charge in [-0.25, -0.2) is 10.2 Å². The second-order valence-corrected chi connectivity index (χ2v) is 6.63. The second-order valence-electron chi connectivity index (χ2n) is 6.20. The van der Waals surface area contributed by atoms with Crippen LogP contribution in [0.4, 0.5) is 0 Å². The fraction of sp³-hybridized carbons (Fsp3) is 0.100. The summed E-state index contributed by atoms with van der Waals surface area (Å²) >= 11 is 5.91. The molecule has 1 heterocycles. The normalized spacial score (nSPS) is 11.3. The molecule has 0 aliphatic carbocycles. The van der Waals surface area contributed by atoms with Gasteiger partial charge in [0.1, 0.15) is 5.69 Å². The molecular formula is C20H17ClN4O4. The molecule has 0 aliphatic heterocycles. The van der Waals surface area contributed by atoms with Crippen molar-refractivity contribution in [3.8, 4) is 17.0 Å². The molecule has 0 spiro atoms. The molecule has 148 valence electrons. The number of aryl methyl sites for hydroxylation is 1. The first-order valence-electron chi connectivity index (χ1n) is 8.48. The quantitative estimate of drug-likeness (QED) is 0.439. The van der Waals surface area contributed by atoms with Crippen molar-refractivity contribution in [1.29, 1.82) is 0 Å². The van der Waals surface area contributed by atoms with Crippen molar-refractivity contribution in [3.63, 3.8) is 0 Å². The Labute approximate surface area is 171 Å². The van der Waals surface area contributed by atoms with E-state index in [-0.39, 0.29) is 22.6 Å². The first-order chi connectivity index (χ1) is 13.8. The lowest BCUT2D eigenvalue weighted by Crippen LogP contribution is -2.19. The Kier molecular flexibility index (Phi) is 5.65. The number of carboxylic acids is 1. The van der Waals surface area contributed by atoms with Crippen LogP contribution in [0.2, 0.25) is 5.02 Å². The molecule has 3 N–H and O–H groups in total. The standard InChI is InChI=1S/C20H17ClN4O4/c1-11(22-23-19(27)13-3-5-14(6-4-13)20(28)29)16-18(26)17(25(2)24-16)12-7-9-15(21)10-8-12/h3-10,26H,1-2H3,(H,23,27)(H,28,29)/b22-11-. The van der Waals surface area contributed by atoms with E-state index in [1.807, 2.05) is 0 Å². The number of carboxylic acid groups (broad SMARTS) is 1. The summed E-state index contributed by atoms with van der Waals surface area (Å²) in [5.41, 5.74) is 4.43. The third-order valence-corrected chi connectivity index (χ3v) is 4.45. The van der Waals surface area contributed by atoms with Crippen LogP contribution in [0.5, 0.6) is 5.75 Å². The predicted molar refractivity (Wildman–Crippen MR) is 108 cm³/mol. The van der Waals surface area contributed by atoms with Crippen LogP contribution in [-0.4, -0.2) is 37.6 Å². The molecule has 29 heavy (non-hydrogen) atoms. The number of carbonyl (C=O) groups is 2. The molecule has 3 rings (SSSR count). The molecule has 8 nitrogen and oxygen atoms in total. The molecule has 0 aliphatic rings. The lowest BCUT2D eigenvalue weighted by atomic mass is 10.1. The highest BCUT2D eigenvalue weighted by Gasteiger charge is 2.19. The predicted octanol–water partition coefficient (Wildman–Crippen LogP) is 3.30. The third kappa shape index (κ3) is 4.27. The maximum absolute atomic E-state index is 12.2. The molecule has 0 atom stereocenters. The average Bonchev–Trinajstić information content (AvgIpc) is 3.01. The summed E-state index contributed by atoms with van der Waals surface area (Å²) in [5.74, 6) is -1.67. The largest absolute Gasteiger partial charge is 0.504 e.